The maximum Gasteiger partial charge on any atom is 0.123 e. The highest BCUT2D eigenvalue weighted by molar-refractivity contribution is 5.16. The van der Waals surface area contributed by atoms with E-state index in [-0.39, 0.29) is 18.0 Å². The third-order valence-corrected chi connectivity index (χ3v) is 2.70. The minimum atomic E-state index is -0.219. The summed E-state index contributed by atoms with van der Waals surface area (Å²) in [6, 6.07) is 6.71. The van der Waals surface area contributed by atoms with Gasteiger partial charge in [-0.2, -0.15) is 0 Å². The van der Waals surface area contributed by atoms with Crippen molar-refractivity contribution >= 4 is 0 Å². The molecule has 2 nitrogen and oxygen atoms in total. The minimum absolute atomic E-state index is 0.193. The van der Waals surface area contributed by atoms with Crippen LogP contribution in [-0.2, 0) is 6.54 Å². The fourth-order valence-corrected chi connectivity index (χ4v) is 1.62. The van der Waals surface area contributed by atoms with Gasteiger partial charge >= 0.3 is 0 Å². The Kier molecular flexibility index (Phi) is 2.79. The topological polar surface area (TPSA) is 32.3 Å². The molecule has 2 atom stereocenters. The molecule has 14 heavy (non-hydrogen) atoms. The SMILES string of the molecule is OC1CCC1NCc1cccc(F)c1. The smallest absolute Gasteiger partial charge is 0.123 e. The van der Waals surface area contributed by atoms with Crippen molar-refractivity contribution in [3.8, 4) is 0 Å². The molecular formula is C11H14FNO. The van der Waals surface area contributed by atoms with Gasteiger partial charge in [0.1, 0.15) is 5.82 Å². The molecule has 2 N–H and O–H groups in total. The normalized spacial score (nSPS) is 25.9. The Morgan fingerprint density at radius 1 is 1.43 bits per heavy atom. The van der Waals surface area contributed by atoms with Crippen LogP contribution in [0.25, 0.3) is 0 Å². The molecular weight excluding hydrogens is 181 g/mol. The predicted molar refractivity (Wildman–Crippen MR) is 52.3 cm³/mol. The van der Waals surface area contributed by atoms with Gasteiger partial charge in [-0.05, 0) is 30.5 Å². The van der Waals surface area contributed by atoms with Gasteiger partial charge in [-0.3, -0.25) is 0 Å². The molecule has 0 aromatic heterocycles. The maximum absolute atomic E-state index is 12.8. The van der Waals surface area contributed by atoms with Gasteiger partial charge in [0.2, 0.25) is 0 Å². The van der Waals surface area contributed by atoms with Crippen LogP contribution in [0.3, 0.4) is 0 Å². The van der Waals surface area contributed by atoms with Crippen LogP contribution < -0.4 is 5.32 Å². The van der Waals surface area contributed by atoms with Crippen molar-refractivity contribution in [3.05, 3.63) is 35.6 Å². The maximum atomic E-state index is 12.8. The van der Waals surface area contributed by atoms with Crippen molar-refractivity contribution in [2.24, 2.45) is 0 Å². The molecule has 1 aliphatic rings. The number of nitrogens with one attached hydrogen (secondary N) is 1. The molecule has 1 fully saturated rings. The Balaban J connectivity index is 1.85. The standard InChI is InChI=1S/C11H14FNO/c12-9-3-1-2-8(6-9)7-13-10-4-5-11(10)14/h1-3,6,10-11,13-14H,4-5,7H2. The van der Waals surface area contributed by atoms with E-state index in [1.165, 1.54) is 12.1 Å². The number of aliphatic hydroxyl groups is 1. The molecule has 76 valence electrons. The first-order valence-corrected chi connectivity index (χ1v) is 4.91. The van der Waals surface area contributed by atoms with Crippen LogP contribution in [0.5, 0.6) is 0 Å². The van der Waals surface area contributed by atoms with Gasteiger partial charge in [0.05, 0.1) is 6.10 Å². The van der Waals surface area contributed by atoms with E-state index in [1.54, 1.807) is 6.07 Å². The summed E-state index contributed by atoms with van der Waals surface area (Å²) >= 11 is 0. The fraction of sp³-hybridized carbons (Fsp3) is 0.455. The summed E-state index contributed by atoms with van der Waals surface area (Å²) in [7, 11) is 0. The molecule has 1 aliphatic carbocycles. The van der Waals surface area contributed by atoms with Crippen molar-refractivity contribution in [1.82, 2.24) is 5.32 Å². The first kappa shape index (κ1) is 9.62. The molecule has 1 aromatic carbocycles. The lowest BCUT2D eigenvalue weighted by molar-refractivity contribution is 0.0493. The number of rotatable bonds is 3. The highest BCUT2D eigenvalue weighted by atomic mass is 19.1. The predicted octanol–water partition coefficient (Wildman–Crippen LogP) is 1.44. The van der Waals surface area contributed by atoms with Crippen molar-refractivity contribution in [2.45, 2.75) is 31.5 Å². The van der Waals surface area contributed by atoms with E-state index in [1.807, 2.05) is 6.07 Å². The molecule has 0 spiro atoms. The van der Waals surface area contributed by atoms with Crippen molar-refractivity contribution < 1.29 is 9.50 Å². The lowest BCUT2D eigenvalue weighted by atomic mass is 9.89. The Morgan fingerprint density at radius 2 is 2.29 bits per heavy atom. The number of aliphatic hydroxyl groups excluding tert-OH is 1. The van der Waals surface area contributed by atoms with Crippen LogP contribution in [0.1, 0.15) is 18.4 Å². The second kappa shape index (κ2) is 4.07. The van der Waals surface area contributed by atoms with Gasteiger partial charge in [-0.15, -0.1) is 0 Å². The van der Waals surface area contributed by atoms with Crippen LogP contribution in [0, 0.1) is 5.82 Å². The second-order valence-corrected chi connectivity index (χ2v) is 3.76. The van der Waals surface area contributed by atoms with E-state index in [0.29, 0.717) is 6.54 Å². The van der Waals surface area contributed by atoms with Crippen LogP contribution >= 0.6 is 0 Å². The molecule has 0 saturated heterocycles. The van der Waals surface area contributed by atoms with E-state index in [2.05, 4.69) is 5.32 Å². The molecule has 3 heteroatoms. The first-order chi connectivity index (χ1) is 6.75. The zero-order chi connectivity index (χ0) is 9.97. The summed E-state index contributed by atoms with van der Waals surface area (Å²) in [5.41, 5.74) is 0.920. The Labute approximate surface area is 82.8 Å². The Hall–Kier alpha value is -0.930. The third-order valence-electron chi connectivity index (χ3n) is 2.70. The fourth-order valence-electron chi connectivity index (χ4n) is 1.62. The molecule has 1 saturated carbocycles. The first-order valence-electron chi connectivity index (χ1n) is 4.91. The van der Waals surface area contributed by atoms with Crippen LogP contribution in [0.4, 0.5) is 4.39 Å². The van der Waals surface area contributed by atoms with Crippen molar-refractivity contribution in [2.75, 3.05) is 0 Å². The van der Waals surface area contributed by atoms with Crippen molar-refractivity contribution in [3.63, 3.8) is 0 Å². The monoisotopic (exact) mass is 195 g/mol. The zero-order valence-corrected chi connectivity index (χ0v) is 7.91. The lowest BCUT2D eigenvalue weighted by Crippen LogP contribution is -2.47. The van der Waals surface area contributed by atoms with E-state index < -0.39 is 0 Å². The minimum Gasteiger partial charge on any atom is -0.392 e. The van der Waals surface area contributed by atoms with Gasteiger partial charge < -0.3 is 10.4 Å². The number of halogens is 1. The number of benzene rings is 1. The highest BCUT2D eigenvalue weighted by Gasteiger charge is 2.27. The van der Waals surface area contributed by atoms with Gasteiger partial charge in [0.25, 0.3) is 0 Å². The summed E-state index contributed by atoms with van der Waals surface area (Å²) in [4.78, 5) is 0. The molecule has 2 rings (SSSR count). The molecule has 0 bridgehead atoms. The molecule has 2 unspecified atom stereocenters. The van der Waals surface area contributed by atoms with Gasteiger partial charge in [-0.1, -0.05) is 12.1 Å². The molecule has 0 amide bonds. The van der Waals surface area contributed by atoms with Crippen molar-refractivity contribution in [1.29, 1.82) is 0 Å². The molecule has 0 radical (unpaired) electrons. The zero-order valence-electron chi connectivity index (χ0n) is 7.91. The van der Waals surface area contributed by atoms with Gasteiger partial charge in [0, 0.05) is 12.6 Å². The van der Waals surface area contributed by atoms with E-state index in [0.717, 1.165) is 18.4 Å². The molecule has 0 aliphatic heterocycles. The number of hydrogen-bond donors (Lipinski definition) is 2. The second-order valence-electron chi connectivity index (χ2n) is 3.76. The Bertz CT molecular complexity index is 316. The summed E-state index contributed by atoms with van der Waals surface area (Å²) in [5, 5.41) is 12.5. The van der Waals surface area contributed by atoms with E-state index >= 15 is 0 Å². The highest BCUT2D eigenvalue weighted by Crippen LogP contribution is 2.19. The molecule has 1 aromatic rings. The summed E-state index contributed by atoms with van der Waals surface area (Å²) in [5.74, 6) is -0.210. The summed E-state index contributed by atoms with van der Waals surface area (Å²) in [6.07, 6.45) is 1.67. The van der Waals surface area contributed by atoms with Crippen LogP contribution in [0.2, 0.25) is 0 Å². The lowest BCUT2D eigenvalue weighted by Gasteiger charge is -2.33. The largest absolute Gasteiger partial charge is 0.392 e. The average Bonchev–Trinajstić information content (AvgIpc) is 2.16. The van der Waals surface area contributed by atoms with Crippen LogP contribution in [0.15, 0.2) is 24.3 Å². The quantitative estimate of drug-likeness (QED) is 0.765. The number of hydrogen-bond acceptors (Lipinski definition) is 2. The van der Waals surface area contributed by atoms with Gasteiger partial charge in [0.15, 0.2) is 0 Å². The summed E-state index contributed by atoms with van der Waals surface area (Å²) in [6.45, 7) is 0.624. The average molecular weight is 195 g/mol. The summed E-state index contributed by atoms with van der Waals surface area (Å²) < 4.78 is 12.8. The molecule has 0 heterocycles. The van der Waals surface area contributed by atoms with Gasteiger partial charge in [-0.25, -0.2) is 4.39 Å². The van der Waals surface area contributed by atoms with E-state index in [4.69, 9.17) is 0 Å². The Morgan fingerprint density at radius 3 is 2.86 bits per heavy atom. The van der Waals surface area contributed by atoms with Crippen LogP contribution in [-0.4, -0.2) is 17.3 Å². The third kappa shape index (κ3) is 2.11. The van der Waals surface area contributed by atoms with E-state index in [9.17, 15) is 9.50 Å².